The van der Waals surface area contributed by atoms with E-state index in [0.717, 1.165) is 0 Å². The van der Waals surface area contributed by atoms with Crippen LogP contribution in [0, 0.1) is 5.92 Å². The van der Waals surface area contributed by atoms with Gasteiger partial charge in [0.25, 0.3) is 0 Å². The number of hydrazone groups is 1. The van der Waals surface area contributed by atoms with Gasteiger partial charge in [0.15, 0.2) is 5.11 Å². The summed E-state index contributed by atoms with van der Waals surface area (Å²) in [5, 5.41) is 6.71. The molecular weight excluding hydrogens is 212 g/mol. The molecule has 0 unspecified atom stereocenters. The molecule has 0 radical (unpaired) electrons. The van der Waals surface area contributed by atoms with Crippen LogP contribution in [0.25, 0.3) is 0 Å². The fourth-order valence-electron chi connectivity index (χ4n) is 0.803. The van der Waals surface area contributed by atoms with Crippen molar-refractivity contribution in [3.8, 4) is 0 Å². The standard InChI is InChI=1S/C9H18N4OS/c1-6(2)5-11-8(14)4-7(3)12-13-9(10)15/h6H,4-5H2,1-3H3,(H,11,14)(H3,10,13,15)/b12-7-. The summed E-state index contributed by atoms with van der Waals surface area (Å²) < 4.78 is 0. The molecular formula is C9H18N4OS. The highest BCUT2D eigenvalue weighted by atomic mass is 32.1. The van der Waals surface area contributed by atoms with E-state index in [2.05, 4.69) is 28.1 Å². The summed E-state index contributed by atoms with van der Waals surface area (Å²) in [4.78, 5) is 11.3. The van der Waals surface area contributed by atoms with Crippen LogP contribution in [0.15, 0.2) is 5.10 Å². The minimum atomic E-state index is -0.0466. The lowest BCUT2D eigenvalue weighted by atomic mass is 10.2. The first-order chi connectivity index (χ1) is 6.91. The van der Waals surface area contributed by atoms with Gasteiger partial charge in [0.1, 0.15) is 0 Å². The van der Waals surface area contributed by atoms with E-state index in [1.807, 2.05) is 13.8 Å². The maximum absolute atomic E-state index is 11.3. The molecule has 0 aliphatic rings. The van der Waals surface area contributed by atoms with Crippen molar-refractivity contribution in [2.24, 2.45) is 16.8 Å². The van der Waals surface area contributed by atoms with E-state index >= 15 is 0 Å². The lowest BCUT2D eigenvalue weighted by Gasteiger charge is -2.07. The van der Waals surface area contributed by atoms with Gasteiger partial charge in [-0.3, -0.25) is 10.2 Å². The SMILES string of the molecule is C/C(CC(=O)NCC(C)C)=N/NC(N)=S. The fraction of sp³-hybridized carbons (Fsp3) is 0.667. The van der Waals surface area contributed by atoms with Gasteiger partial charge in [-0.2, -0.15) is 5.10 Å². The molecule has 4 N–H and O–H groups in total. The van der Waals surface area contributed by atoms with Crippen molar-refractivity contribution in [2.45, 2.75) is 27.2 Å². The Hall–Kier alpha value is -1.17. The highest BCUT2D eigenvalue weighted by Gasteiger charge is 2.04. The Balaban J connectivity index is 3.85. The predicted molar refractivity (Wildman–Crippen MR) is 65.5 cm³/mol. The summed E-state index contributed by atoms with van der Waals surface area (Å²) in [6, 6.07) is 0. The Morgan fingerprint density at radius 3 is 2.60 bits per heavy atom. The lowest BCUT2D eigenvalue weighted by Crippen LogP contribution is -2.30. The fourth-order valence-corrected chi connectivity index (χ4v) is 0.849. The highest BCUT2D eigenvalue weighted by Crippen LogP contribution is 1.90. The van der Waals surface area contributed by atoms with Crippen LogP contribution in [-0.2, 0) is 4.79 Å². The normalized spacial score (nSPS) is 11.3. The van der Waals surface area contributed by atoms with Crippen LogP contribution < -0.4 is 16.5 Å². The summed E-state index contributed by atoms with van der Waals surface area (Å²) >= 11 is 4.57. The molecule has 0 aliphatic carbocycles. The van der Waals surface area contributed by atoms with Crippen molar-refractivity contribution >= 4 is 28.9 Å². The van der Waals surface area contributed by atoms with E-state index in [0.29, 0.717) is 18.2 Å². The second kappa shape index (κ2) is 7.17. The number of thiocarbonyl (C=S) groups is 1. The van der Waals surface area contributed by atoms with E-state index in [-0.39, 0.29) is 17.4 Å². The number of nitrogens with zero attached hydrogens (tertiary/aromatic N) is 1. The van der Waals surface area contributed by atoms with Crippen molar-refractivity contribution < 1.29 is 4.79 Å². The van der Waals surface area contributed by atoms with Gasteiger partial charge >= 0.3 is 0 Å². The number of amides is 1. The van der Waals surface area contributed by atoms with Crippen LogP contribution in [0.3, 0.4) is 0 Å². The Bertz CT molecular complexity index is 263. The zero-order valence-corrected chi connectivity index (χ0v) is 10.1. The maximum Gasteiger partial charge on any atom is 0.225 e. The van der Waals surface area contributed by atoms with Crippen molar-refractivity contribution in [3.63, 3.8) is 0 Å². The van der Waals surface area contributed by atoms with Crippen molar-refractivity contribution in [2.75, 3.05) is 6.54 Å². The van der Waals surface area contributed by atoms with Gasteiger partial charge in [-0.1, -0.05) is 13.8 Å². The van der Waals surface area contributed by atoms with E-state index in [1.165, 1.54) is 0 Å². The highest BCUT2D eigenvalue weighted by molar-refractivity contribution is 7.80. The summed E-state index contributed by atoms with van der Waals surface area (Å²) in [6.07, 6.45) is 0.252. The topological polar surface area (TPSA) is 79.5 Å². The Morgan fingerprint density at radius 2 is 2.13 bits per heavy atom. The van der Waals surface area contributed by atoms with E-state index < -0.39 is 0 Å². The average molecular weight is 230 g/mol. The third-order valence-electron chi connectivity index (χ3n) is 1.48. The minimum Gasteiger partial charge on any atom is -0.375 e. The van der Waals surface area contributed by atoms with Gasteiger partial charge in [-0.25, -0.2) is 0 Å². The van der Waals surface area contributed by atoms with E-state index in [9.17, 15) is 4.79 Å². The van der Waals surface area contributed by atoms with Crippen LogP contribution in [0.4, 0.5) is 0 Å². The Morgan fingerprint density at radius 1 is 1.53 bits per heavy atom. The zero-order chi connectivity index (χ0) is 11.8. The molecule has 0 aromatic heterocycles. The molecule has 0 heterocycles. The van der Waals surface area contributed by atoms with Gasteiger partial charge in [0, 0.05) is 12.3 Å². The molecule has 86 valence electrons. The molecule has 0 aromatic rings. The lowest BCUT2D eigenvalue weighted by molar-refractivity contribution is -0.120. The summed E-state index contributed by atoms with van der Waals surface area (Å²) in [5.41, 5.74) is 8.26. The van der Waals surface area contributed by atoms with Gasteiger partial charge in [-0.05, 0) is 25.1 Å². The average Bonchev–Trinajstić information content (AvgIpc) is 2.11. The van der Waals surface area contributed by atoms with Crippen LogP contribution in [0.5, 0.6) is 0 Å². The van der Waals surface area contributed by atoms with Gasteiger partial charge in [0.2, 0.25) is 5.91 Å². The smallest absolute Gasteiger partial charge is 0.225 e. The maximum atomic E-state index is 11.3. The van der Waals surface area contributed by atoms with Crippen molar-refractivity contribution in [1.82, 2.24) is 10.7 Å². The third-order valence-corrected chi connectivity index (χ3v) is 1.57. The molecule has 1 amide bonds. The molecule has 6 heteroatoms. The van der Waals surface area contributed by atoms with Crippen molar-refractivity contribution in [3.05, 3.63) is 0 Å². The third kappa shape index (κ3) is 9.14. The monoisotopic (exact) mass is 230 g/mol. The first kappa shape index (κ1) is 13.8. The summed E-state index contributed by atoms with van der Waals surface area (Å²) in [7, 11) is 0. The Kier molecular flexibility index (Phi) is 6.61. The van der Waals surface area contributed by atoms with E-state index in [1.54, 1.807) is 6.92 Å². The van der Waals surface area contributed by atoms with Crippen LogP contribution in [0.1, 0.15) is 27.2 Å². The molecule has 0 saturated carbocycles. The van der Waals surface area contributed by atoms with E-state index in [4.69, 9.17) is 5.73 Å². The molecule has 0 aromatic carbocycles. The van der Waals surface area contributed by atoms with Gasteiger partial charge in [0.05, 0.1) is 6.42 Å². The molecule has 0 saturated heterocycles. The number of carbonyl (C=O) groups is 1. The first-order valence-electron chi connectivity index (χ1n) is 4.77. The van der Waals surface area contributed by atoms with Gasteiger partial charge < -0.3 is 11.1 Å². The molecule has 0 spiro atoms. The van der Waals surface area contributed by atoms with Gasteiger partial charge in [-0.15, -0.1) is 0 Å². The second-order valence-electron chi connectivity index (χ2n) is 3.70. The summed E-state index contributed by atoms with van der Waals surface area (Å²) in [6.45, 7) is 6.49. The number of carbonyl (C=O) groups excluding carboxylic acids is 1. The molecule has 0 fully saturated rings. The van der Waals surface area contributed by atoms with Crippen LogP contribution in [-0.4, -0.2) is 23.3 Å². The number of nitrogens with two attached hydrogens (primary N) is 1. The zero-order valence-electron chi connectivity index (χ0n) is 9.33. The number of nitrogens with one attached hydrogen (secondary N) is 2. The minimum absolute atomic E-state index is 0.0466. The van der Waals surface area contributed by atoms with Crippen LogP contribution in [0.2, 0.25) is 0 Å². The molecule has 0 aliphatic heterocycles. The number of hydrogen-bond acceptors (Lipinski definition) is 3. The quantitative estimate of drug-likeness (QED) is 0.362. The van der Waals surface area contributed by atoms with Crippen molar-refractivity contribution in [1.29, 1.82) is 0 Å². The molecule has 0 atom stereocenters. The Labute approximate surface area is 95.5 Å². The number of rotatable bonds is 5. The predicted octanol–water partition coefficient (Wildman–Crippen LogP) is 0.358. The molecule has 15 heavy (non-hydrogen) atoms. The molecule has 0 rings (SSSR count). The molecule has 0 bridgehead atoms. The van der Waals surface area contributed by atoms with Crippen LogP contribution >= 0.6 is 12.2 Å². The summed E-state index contributed by atoms with van der Waals surface area (Å²) in [5.74, 6) is 0.399. The molecule has 5 nitrogen and oxygen atoms in total. The largest absolute Gasteiger partial charge is 0.375 e. The number of hydrogen-bond donors (Lipinski definition) is 3. The second-order valence-corrected chi connectivity index (χ2v) is 4.14. The first-order valence-corrected chi connectivity index (χ1v) is 5.18.